The number of benzene rings is 1. The molecule has 20 heavy (non-hydrogen) atoms. The van der Waals surface area contributed by atoms with Crippen molar-refractivity contribution in [3.8, 4) is 0 Å². The summed E-state index contributed by atoms with van der Waals surface area (Å²) in [6.07, 6.45) is 4.92. The highest BCUT2D eigenvalue weighted by atomic mass is 16.2. The molecule has 0 saturated carbocycles. The smallest absolute Gasteiger partial charge is 0.226 e. The molecule has 1 aromatic heterocycles. The topological polar surface area (TPSA) is 80.0 Å². The first-order valence-electron chi connectivity index (χ1n) is 6.60. The summed E-state index contributed by atoms with van der Waals surface area (Å²) in [6, 6.07) is 7.68. The monoisotopic (exact) mass is 274 g/mol. The number of hydrogen-bond acceptors (Lipinski definition) is 4. The van der Waals surface area contributed by atoms with Crippen LogP contribution in [0.5, 0.6) is 0 Å². The molecule has 0 atom stereocenters. The number of aromatic nitrogens is 3. The number of aliphatic hydroxyl groups excluding tert-OH is 1. The SMILES string of the molecule is O=C(CCn1cncn1)Nc1cccc(CCCO)c1. The summed E-state index contributed by atoms with van der Waals surface area (Å²) in [4.78, 5) is 15.6. The number of aryl methyl sites for hydroxylation is 2. The molecule has 0 spiro atoms. The molecule has 1 aromatic carbocycles. The molecule has 2 N–H and O–H groups in total. The van der Waals surface area contributed by atoms with Crippen LogP contribution in [0.4, 0.5) is 5.69 Å². The van der Waals surface area contributed by atoms with Crippen molar-refractivity contribution >= 4 is 11.6 Å². The normalized spacial score (nSPS) is 10.4. The van der Waals surface area contributed by atoms with Crippen molar-refractivity contribution in [3.05, 3.63) is 42.5 Å². The highest BCUT2D eigenvalue weighted by Crippen LogP contribution is 2.12. The van der Waals surface area contributed by atoms with Crippen LogP contribution in [0, 0.1) is 0 Å². The van der Waals surface area contributed by atoms with Crippen molar-refractivity contribution in [1.82, 2.24) is 14.8 Å². The van der Waals surface area contributed by atoms with E-state index >= 15 is 0 Å². The summed E-state index contributed by atoms with van der Waals surface area (Å²) in [7, 11) is 0. The van der Waals surface area contributed by atoms with Crippen molar-refractivity contribution in [1.29, 1.82) is 0 Å². The van der Waals surface area contributed by atoms with Gasteiger partial charge in [0.05, 0.1) is 6.54 Å². The lowest BCUT2D eigenvalue weighted by atomic mass is 10.1. The lowest BCUT2D eigenvalue weighted by Crippen LogP contribution is -2.14. The highest BCUT2D eigenvalue weighted by Gasteiger charge is 2.04. The van der Waals surface area contributed by atoms with E-state index in [0.29, 0.717) is 13.0 Å². The molecule has 6 heteroatoms. The second kappa shape index (κ2) is 7.40. The Kier molecular flexibility index (Phi) is 5.25. The van der Waals surface area contributed by atoms with Crippen LogP contribution in [0.25, 0.3) is 0 Å². The van der Waals surface area contributed by atoms with E-state index in [1.807, 2.05) is 24.3 Å². The minimum Gasteiger partial charge on any atom is -0.396 e. The van der Waals surface area contributed by atoms with Gasteiger partial charge in [-0.05, 0) is 30.5 Å². The van der Waals surface area contributed by atoms with Gasteiger partial charge in [-0.2, -0.15) is 5.10 Å². The molecule has 6 nitrogen and oxygen atoms in total. The summed E-state index contributed by atoms with van der Waals surface area (Å²) in [5.41, 5.74) is 1.89. The number of carbonyl (C=O) groups is 1. The van der Waals surface area contributed by atoms with Crippen molar-refractivity contribution in [2.24, 2.45) is 0 Å². The molecular weight excluding hydrogens is 256 g/mol. The van der Waals surface area contributed by atoms with E-state index in [2.05, 4.69) is 15.4 Å². The molecule has 0 bridgehead atoms. The molecule has 0 aliphatic rings. The van der Waals surface area contributed by atoms with Crippen LogP contribution in [-0.4, -0.2) is 32.4 Å². The molecule has 0 fully saturated rings. The van der Waals surface area contributed by atoms with Gasteiger partial charge in [0, 0.05) is 18.7 Å². The minimum atomic E-state index is -0.0557. The van der Waals surface area contributed by atoms with E-state index in [1.165, 1.54) is 6.33 Å². The zero-order valence-corrected chi connectivity index (χ0v) is 11.2. The molecular formula is C14H18N4O2. The number of nitrogens with one attached hydrogen (secondary N) is 1. The average molecular weight is 274 g/mol. The summed E-state index contributed by atoms with van der Waals surface area (Å²) < 4.78 is 1.62. The standard InChI is InChI=1S/C14H18N4O2/c19-8-2-4-12-3-1-5-13(9-12)17-14(20)6-7-18-11-15-10-16-18/h1,3,5,9-11,19H,2,4,6-8H2,(H,17,20). The first-order valence-corrected chi connectivity index (χ1v) is 6.60. The largest absolute Gasteiger partial charge is 0.396 e. The first kappa shape index (κ1) is 14.2. The predicted molar refractivity (Wildman–Crippen MR) is 75.1 cm³/mol. The molecule has 2 rings (SSSR count). The number of amides is 1. The third kappa shape index (κ3) is 4.47. The average Bonchev–Trinajstić information content (AvgIpc) is 2.97. The van der Waals surface area contributed by atoms with Crippen LogP contribution < -0.4 is 5.32 Å². The number of nitrogens with zero attached hydrogens (tertiary/aromatic N) is 3. The maximum absolute atomic E-state index is 11.8. The van der Waals surface area contributed by atoms with Crippen molar-refractivity contribution < 1.29 is 9.90 Å². The lowest BCUT2D eigenvalue weighted by molar-refractivity contribution is -0.116. The molecule has 2 aromatic rings. The van der Waals surface area contributed by atoms with Gasteiger partial charge < -0.3 is 10.4 Å². The van der Waals surface area contributed by atoms with E-state index < -0.39 is 0 Å². The molecule has 1 heterocycles. The van der Waals surface area contributed by atoms with Gasteiger partial charge in [0.15, 0.2) is 0 Å². The van der Waals surface area contributed by atoms with Gasteiger partial charge in [0.1, 0.15) is 12.7 Å². The van der Waals surface area contributed by atoms with Crippen molar-refractivity contribution in [2.75, 3.05) is 11.9 Å². The first-order chi connectivity index (χ1) is 9.78. The summed E-state index contributed by atoms with van der Waals surface area (Å²) in [5, 5.41) is 15.6. The van der Waals surface area contributed by atoms with Gasteiger partial charge in [-0.15, -0.1) is 0 Å². The number of rotatable bonds is 7. The Morgan fingerprint density at radius 1 is 1.40 bits per heavy atom. The Morgan fingerprint density at radius 2 is 2.30 bits per heavy atom. The Bertz CT molecular complexity index is 540. The second-order valence-electron chi connectivity index (χ2n) is 4.48. The fourth-order valence-corrected chi connectivity index (χ4v) is 1.88. The van der Waals surface area contributed by atoms with Crippen LogP contribution in [0.15, 0.2) is 36.9 Å². The Hall–Kier alpha value is -2.21. The maximum Gasteiger partial charge on any atom is 0.226 e. The molecule has 0 aliphatic heterocycles. The lowest BCUT2D eigenvalue weighted by Gasteiger charge is -2.07. The van der Waals surface area contributed by atoms with E-state index in [4.69, 9.17) is 5.11 Å². The number of anilines is 1. The molecule has 0 saturated heterocycles. The van der Waals surface area contributed by atoms with Crippen LogP contribution in [0.2, 0.25) is 0 Å². The number of aliphatic hydroxyl groups is 1. The second-order valence-corrected chi connectivity index (χ2v) is 4.48. The predicted octanol–water partition coefficient (Wildman–Crippen LogP) is 1.23. The minimum absolute atomic E-state index is 0.0557. The van der Waals surface area contributed by atoms with Crippen LogP contribution >= 0.6 is 0 Å². The van der Waals surface area contributed by atoms with Crippen molar-refractivity contribution in [2.45, 2.75) is 25.8 Å². The molecule has 0 aliphatic carbocycles. The van der Waals surface area contributed by atoms with Gasteiger partial charge >= 0.3 is 0 Å². The van der Waals surface area contributed by atoms with Gasteiger partial charge in [-0.25, -0.2) is 4.98 Å². The van der Waals surface area contributed by atoms with E-state index in [0.717, 1.165) is 24.1 Å². The van der Waals surface area contributed by atoms with Crippen LogP contribution in [0.1, 0.15) is 18.4 Å². The van der Waals surface area contributed by atoms with E-state index in [-0.39, 0.29) is 12.5 Å². The van der Waals surface area contributed by atoms with Crippen LogP contribution in [-0.2, 0) is 17.8 Å². The summed E-state index contributed by atoms with van der Waals surface area (Å²) >= 11 is 0. The van der Waals surface area contributed by atoms with E-state index in [9.17, 15) is 4.79 Å². The molecule has 0 radical (unpaired) electrons. The zero-order chi connectivity index (χ0) is 14.2. The van der Waals surface area contributed by atoms with Crippen molar-refractivity contribution in [3.63, 3.8) is 0 Å². The highest BCUT2D eigenvalue weighted by molar-refractivity contribution is 5.90. The van der Waals surface area contributed by atoms with Gasteiger partial charge in [-0.3, -0.25) is 9.48 Å². The Balaban J connectivity index is 1.84. The Labute approximate surface area is 117 Å². The van der Waals surface area contributed by atoms with Crippen LogP contribution in [0.3, 0.4) is 0 Å². The third-order valence-electron chi connectivity index (χ3n) is 2.87. The van der Waals surface area contributed by atoms with Gasteiger partial charge in [0.25, 0.3) is 0 Å². The van der Waals surface area contributed by atoms with Gasteiger partial charge in [0.2, 0.25) is 5.91 Å². The third-order valence-corrected chi connectivity index (χ3v) is 2.87. The maximum atomic E-state index is 11.8. The molecule has 0 unspecified atom stereocenters. The number of hydrogen-bond donors (Lipinski definition) is 2. The molecule has 106 valence electrons. The Morgan fingerprint density at radius 3 is 3.05 bits per heavy atom. The number of carbonyl (C=O) groups excluding carboxylic acids is 1. The zero-order valence-electron chi connectivity index (χ0n) is 11.2. The summed E-state index contributed by atoms with van der Waals surface area (Å²) in [5.74, 6) is -0.0557. The van der Waals surface area contributed by atoms with E-state index in [1.54, 1.807) is 11.0 Å². The summed E-state index contributed by atoms with van der Waals surface area (Å²) in [6.45, 7) is 0.685. The quantitative estimate of drug-likeness (QED) is 0.796. The van der Waals surface area contributed by atoms with Gasteiger partial charge in [-0.1, -0.05) is 12.1 Å². The fraction of sp³-hybridized carbons (Fsp3) is 0.357. The molecule has 1 amide bonds. The fourth-order valence-electron chi connectivity index (χ4n) is 1.88.